The van der Waals surface area contributed by atoms with Gasteiger partial charge in [0.1, 0.15) is 0 Å². The number of rotatable bonds is 8. The molecule has 186 valence electrons. The first-order chi connectivity index (χ1) is 15.8. The van der Waals surface area contributed by atoms with Crippen molar-refractivity contribution >= 4 is 27.6 Å². The van der Waals surface area contributed by atoms with E-state index in [1.807, 2.05) is 19.1 Å². The summed E-state index contributed by atoms with van der Waals surface area (Å²) >= 11 is 0. The molecule has 2 aromatic carbocycles. The molecule has 34 heavy (non-hydrogen) atoms. The van der Waals surface area contributed by atoms with Crippen LogP contribution in [0.3, 0.4) is 0 Å². The highest BCUT2D eigenvalue weighted by molar-refractivity contribution is 7.92. The van der Waals surface area contributed by atoms with Crippen LogP contribution in [0.4, 0.5) is 18.9 Å². The third-order valence-electron chi connectivity index (χ3n) is 5.26. The molecule has 0 saturated heterocycles. The van der Waals surface area contributed by atoms with Crippen LogP contribution in [0.5, 0.6) is 0 Å². The van der Waals surface area contributed by atoms with Gasteiger partial charge in [-0.15, -0.1) is 0 Å². The van der Waals surface area contributed by atoms with Crippen LogP contribution in [-0.4, -0.2) is 38.1 Å². The van der Waals surface area contributed by atoms with Gasteiger partial charge in [0.15, 0.2) is 0 Å². The second-order valence-corrected chi connectivity index (χ2v) is 9.67. The molecule has 0 radical (unpaired) electrons. The maximum Gasteiger partial charge on any atom is 0.490 e. The fraction of sp³-hybridized carbons (Fsp3) is 0.391. The molecule has 3 rings (SSSR count). The lowest BCUT2D eigenvalue weighted by molar-refractivity contribution is -0.192. The summed E-state index contributed by atoms with van der Waals surface area (Å²) in [6.45, 7) is 4.70. The largest absolute Gasteiger partial charge is 0.490 e. The average molecular weight is 501 g/mol. The number of carboxylic acids is 1. The lowest BCUT2D eigenvalue weighted by Crippen LogP contribution is -2.35. The van der Waals surface area contributed by atoms with Crippen molar-refractivity contribution in [2.45, 2.75) is 56.0 Å². The Kier molecular flexibility index (Phi) is 8.71. The Morgan fingerprint density at radius 2 is 1.56 bits per heavy atom. The number of alkyl halides is 3. The molecule has 11 heteroatoms. The normalized spacial score (nSPS) is 14.4. The third kappa shape index (κ3) is 7.21. The fourth-order valence-electron chi connectivity index (χ4n) is 3.11. The minimum atomic E-state index is -5.08. The predicted octanol–water partition coefficient (Wildman–Crippen LogP) is 4.38. The van der Waals surface area contributed by atoms with Gasteiger partial charge in [-0.05, 0) is 56.0 Å². The fourth-order valence-corrected chi connectivity index (χ4v) is 4.17. The van der Waals surface area contributed by atoms with Gasteiger partial charge >= 0.3 is 12.1 Å². The molecule has 0 aliphatic heterocycles. The molecule has 0 heterocycles. The van der Waals surface area contributed by atoms with Crippen LogP contribution >= 0.6 is 0 Å². The number of aliphatic carboxylic acids is 1. The molecule has 0 spiro atoms. The molecule has 1 fully saturated rings. The van der Waals surface area contributed by atoms with E-state index in [-0.39, 0.29) is 10.8 Å². The first kappa shape index (κ1) is 27.2. The van der Waals surface area contributed by atoms with Crippen LogP contribution in [0, 0.1) is 6.92 Å². The maximum absolute atomic E-state index is 12.5. The Balaban J connectivity index is 0.000000509. The molecular formula is C23H27F3N2O5S. The van der Waals surface area contributed by atoms with E-state index in [2.05, 4.69) is 17.0 Å². The molecule has 0 unspecified atom stereocenters. The van der Waals surface area contributed by atoms with Crippen molar-refractivity contribution < 1.29 is 36.3 Å². The second kappa shape index (κ2) is 10.9. The van der Waals surface area contributed by atoms with Gasteiger partial charge in [-0.25, -0.2) is 13.2 Å². The van der Waals surface area contributed by atoms with E-state index < -0.39 is 27.6 Å². The predicted molar refractivity (Wildman–Crippen MR) is 121 cm³/mol. The molecule has 0 bridgehead atoms. The second-order valence-electron chi connectivity index (χ2n) is 7.99. The van der Waals surface area contributed by atoms with Crippen LogP contribution in [0.1, 0.15) is 43.7 Å². The summed E-state index contributed by atoms with van der Waals surface area (Å²) in [5.74, 6) is -2.68. The van der Waals surface area contributed by atoms with Crippen molar-refractivity contribution in [3.63, 3.8) is 0 Å². The number of unbranched alkanes of at least 4 members (excludes halogenated alkanes) is 1. The molecule has 1 amide bonds. The smallest absolute Gasteiger partial charge is 0.475 e. The number of carbonyl (C=O) groups excluding carboxylic acids is 1. The van der Waals surface area contributed by atoms with Crippen LogP contribution in [0.2, 0.25) is 0 Å². The van der Waals surface area contributed by atoms with Crippen molar-refractivity contribution in [2.75, 3.05) is 11.3 Å². The number of hydrogen-bond acceptors (Lipinski definition) is 4. The molecular weight excluding hydrogens is 473 g/mol. The highest BCUT2D eigenvalue weighted by Gasteiger charge is 2.51. The van der Waals surface area contributed by atoms with Gasteiger partial charge in [-0.2, -0.15) is 13.2 Å². The summed E-state index contributed by atoms with van der Waals surface area (Å²) in [6, 6.07) is 13.9. The van der Waals surface area contributed by atoms with Gasteiger partial charge in [-0.1, -0.05) is 43.2 Å². The highest BCUT2D eigenvalue weighted by Crippen LogP contribution is 2.48. The summed E-state index contributed by atoms with van der Waals surface area (Å²) in [5, 5.41) is 10.1. The number of halogens is 3. The number of hydrogen-bond donors (Lipinski definition) is 3. The Labute approximate surface area is 196 Å². The van der Waals surface area contributed by atoms with Gasteiger partial charge in [0.2, 0.25) is 5.91 Å². The van der Waals surface area contributed by atoms with Crippen LogP contribution in [0.15, 0.2) is 53.4 Å². The first-order valence-electron chi connectivity index (χ1n) is 10.6. The summed E-state index contributed by atoms with van der Waals surface area (Å²) in [7, 11) is -3.62. The molecule has 0 atom stereocenters. The maximum atomic E-state index is 12.5. The number of aryl methyl sites for hydroxylation is 1. The number of nitrogens with one attached hydrogen (secondary N) is 2. The van der Waals surface area contributed by atoms with E-state index in [1.165, 1.54) is 0 Å². The van der Waals surface area contributed by atoms with Gasteiger partial charge in [0, 0.05) is 12.2 Å². The van der Waals surface area contributed by atoms with Crippen molar-refractivity contribution in [2.24, 2.45) is 0 Å². The summed E-state index contributed by atoms with van der Waals surface area (Å²) in [5.41, 5.74) is 1.99. The quantitative estimate of drug-likeness (QED) is 0.466. The first-order valence-corrected chi connectivity index (χ1v) is 12.1. The van der Waals surface area contributed by atoms with Gasteiger partial charge < -0.3 is 10.4 Å². The van der Waals surface area contributed by atoms with Gasteiger partial charge in [-0.3, -0.25) is 9.52 Å². The van der Waals surface area contributed by atoms with Gasteiger partial charge in [0.25, 0.3) is 10.0 Å². The number of amides is 1. The molecule has 1 aliphatic rings. The lowest BCUT2D eigenvalue weighted by atomic mass is 9.94. The minimum Gasteiger partial charge on any atom is -0.475 e. The summed E-state index contributed by atoms with van der Waals surface area (Å²) in [4.78, 5) is 21.6. The Morgan fingerprint density at radius 1 is 1.03 bits per heavy atom. The monoisotopic (exact) mass is 500 g/mol. The zero-order chi connectivity index (χ0) is 25.6. The SMILES string of the molecule is CCCCNC(=O)C1(c2ccc(NS(=O)(=O)c3ccc(C)cc3)cc2)CC1.O=C(O)C(F)(F)F. The van der Waals surface area contributed by atoms with Crippen LogP contribution in [0.25, 0.3) is 0 Å². The van der Waals surface area contributed by atoms with Crippen molar-refractivity contribution in [3.05, 3.63) is 59.7 Å². The summed E-state index contributed by atoms with van der Waals surface area (Å²) < 4.78 is 59.3. The van der Waals surface area contributed by atoms with E-state index in [0.29, 0.717) is 12.2 Å². The third-order valence-corrected chi connectivity index (χ3v) is 6.66. The van der Waals surface area contributed by atoms with E-state index in [1.54, 1.807) is 36.4 Å². The van der Waals surface area contributed by atoms with E-state index >= 15 is 0 Å². The zero-order valence-electron chi connectivity index (χ0n) is 18.8. The van der Waals surface area contributed by atoms with E-state index in [4.69, 9.17) is 9.90 Å². The molecule has 2 aromatic rings. The van der Waals surface area contributed by atoms with Crippen molar-refractivity contribution in [3.8, 4) is 0 Å². The minimum absolute atomic E-state index is 0.0731. The Morgan fingerprint density at radius 3 is 2.00 bits per heavy atom. The molecule has 7 nitrogen and oxygen atoms in total. The highest BCUT2D eigenvalue weighted by atomic mass is 32.2. The molecule has 1 aliphatic carbocycles. The number of carboxylic acid groups (broad SMARTS) is 1. The van der Waals surface area contributed by atoms with Gasteiger partial charge in [0.05, 0.1) is 10.3 Å². The summed E-state index contributed by atoms with van der Waals surface area (Å²) in [6.07, 6.45) is -1.40. The van der Waals surface area contributed by atoms with Crippen molar-refractivity contribution in [1.29, 1.82) is 0 Å². The molecule has 1 saturated carbocycles. The van der Waals surface area contributed by atoms with Crippen molar-refractivity contribution in [1.82, 2.24) is 5.32 Å². The molecule has 3 N–H and O–H groups in total. The number of carbonyl (C=O) groups is 2. The standard InChI is InChI=1S/C21H26N2O3S.C2HF3O2/c1-3-4-15-22-20(24)21(13-14-21)17-7-9-18(10-8-17)23-27(25,26)19-11-5-16(2)6-12-19;3-2(4,5)1(6)7/h5-12,23H,3-4,13-15H2,1-2H3,(H,22,24);(H,6,7). The van der Waals surface area contributed by atoms with Crippen LogP contribution in [-0.2, 0) is 25.0 Å². The Bertz CT molecular complexity index is 1090. The van der Waals surface area contributed by atoms with E-state index in [9.17, 15) is 26.4 Å². The average Bonchev–Trinajstić information content (AvgIpc) is 3.56. The zero-order valence-corrected chi connectivity index (χ0v) is 19.6. The number of benzene rings is 2. The topological polar surface area (TPSA) is 113 Å². The Hall–Kier alpha value is -3.08. The number of sulfonamides is 1. The van der Waals surface area contributed by atoms with Crippen LogP contribution < -0.4 is 10.0 Å². The number of anilines is 1. The van der Waals surface area contributed by atoms with E-state index in [0.717, 1.165) is 36.8 Å². The molecule has 0 aromatic heterocycles. The lowest BCUT2D eigenvalue weighted by Gasteiger charge is -2.16.